The van der Waals surface area contributed by atoms with Gasteiger partial charge in [0.15, 0.2) is 11.6 Å². The predicted molar refractivity (Wildman–Crippen MR) is 177 cm³/mol. The number of hydrogen-bond acceptors (Lipinski definition) is 4. The Kier molecular flexibility index (Phi) is 7.41. The summed E-state index contributed by atoms with van der Waals surface area (Å²) >= 11 is 3.10. The van der Waals surface area contributed by atoms with Gasteiger partial charge in [0.05, 0.1) is 0 Å². The van der Waals surface area contributed by atoms with E-state index in [1.165, 1.54) is 0 Å². The summed E-state index contributed by atoms with van der Waals surface area (Å²) < 4.78 is 0.873. The zero-order valence-corrected chi connectivity index (χ0v) is 24.8. The summed E-state index contributed by atoms with van der Waals surface area (Å²) in [6.45, 7) is 0. The second-order valence-corrected chi connectivity index (χ2v) is 11.0. The topological polar surface area (TPSA) is 51.0 Å². The van der Waals surface area contributed by atoms with Crippen molar-refractivity contribution >= 4 is 37.1 Å². The van der Waals surface area contributed by atoms with Crippen LogP contribution in [0.3, 0.4) is 0 Å². The van der Waals surface area contributed by atoms with E-state index in [-0.39, 0.29) is 0 Å². The van der Waals surface area contributed by atoms with Crippen molar-refractivity contribution in [2.75, 3.05) is 0 Å². The minimum absolute atomic E-state index is 0.642. The first-order valence-corrected chi connectivity index (χ1v) is 14.9. The fourth-order valence-electron chi connectivity index (χ4n) is 5.02. The van der Waals surface area contributed by atoms with Gasteiger partial charge >= 0.3 is 161 Å². The van der Waals surface area contributed by atoms with Crippen molar-refractivity contribution < 1.29 is 0 Å². The third kappa shape index (κ3) is 5.91. The molecule has 0 unspecified atom stereocenters. The van der Waals surface area contributed by atoms with Crippen molar-refractivity contribution in [3.05, 3.63) is 157 Å². The van der Waals surface area contributed by atoms with E-state index >= 15 is 0 Å². The normalized spacial score (nSPS) is 11.5. The Balaban J connectivity index is 1.24. The molecule has 0 N–H and O–H groups in total. The van der Waals surface area contributed by atoms with Gasteiger partial charge < -0.3 is 0 Å². The van der Waals surface area contributed by atoms with Gasteiger partial charge in [-0.25, -0.2) is 15.0 Å². The van der Waals surface area contributed by atoms with Crippen molar-refractivity contribution in [3.8, 4) is 45.3 Å². The fourth-order valence-corrected chi connectivity index (χ4v) is 5.53. The van der Waals surface area contributed by atoms with Gasteiger partial charge in [0.1, 0.15) is 0 Å². The molecule has 203 valence electrons. The molecule has 1 radical (unpaired) electrons. The number of aromatic nitrogens is 3. The molecule has 5 heteroatoms. The molecule has 0 atom stereocenters. The van der Waals surface area contributed by atoms with Gasteiger partial charge in [-0.2, -0.15) is 0 Å². The Morgan fingerprint density at radius 3 is 1.56 bits per heavy atom. The molecule has 7 aromatic rings. The first-order chi connectivity index (χ1) is 21.2. The van der Waals surface area contributed by atoms with Crippen LogP contribution in [0.5, 0.6) is 0 Å². The van der Waals surface area contributed by atoms with Crippen LogP contribution in [0.4, 0.5) is 5.69 Å². The second kappa shape index (κ2) is 11.9. The average Bonchev–Trinajstić information content (AvgIpc) is 3.09. The van der Waals surface area contributed by atoms with E-state index in [0.29, 0.717) is 17.5 Å². The maximum absolute atomic E-state index is 4.90. The van der Waals surface area contributed by atoms with Crippen molar-refractivity contribution in [2.45, 2.75) is 0 Å². The standard InChI is InChI=1S/C38H25N4Se/c43-38(28-15-8-3-9-16-28)39-34-22-21-31-23-30(19-20-32(31)25-34)29-17-10-18-33(24-29)37-41-35(26-11-4-1-5-12-26)40-36(42-37)27-13-6-2-7-14-27/h1-25H. The number of benzene rings is 6. The van der Waals surface area contributed by atoms with Gasteiger partial charge in [-0.05, 0) is 0 Å². The van der Waals surface area contributed by atoms with Gasteiger partial charge in [-0.1, -0.05) is 60.7 Å². The summed E-state index contributed by atoms with van der Waals surface area (Å²) in [5.74, 6) is 1.95. The van der Waals surface area contributed by atoms with E-state index in [0.717, 1.165) is 54.5 Å². The Morgan fingerprint density at radius 1 is 0.419 bits per heavy atom. The molecule has 6 aromatic carbocycles. The molecule has 0 aliphatic carbocycles. The zero-order valence-electron chi connectivity index (χ0n) is 23.1. The number of fused-ring (bicyclic) bond motifs is 1. The molecule has 7 rings (SSSR count). The fraction of sp³-hybridized carbons (Fsp3) is 0. The number of hydrogen-bond donors (Lipinski definition) is 0. The second-order valence-electron chi connectivity index (χ2n) is 10.1. The zero-order chi connectivity index (χ0) is 29.0. The molecule has 4 nitrogen and oxygen atoms in total. The molecule has 1 heterocycles. The molecule has 0 saturated heterocycles. The van der Waals surface area contributed by atoms with Gasteiger partial charge in [-0.15, -0.1) is 0 Å². The van der Waals surface area contributed by atoms with Crippen molar-refractivity contribution in [3.63, 3.8) is 0 Å². The van der Waals surface area contributed by atoms with Gasteiger partial charge in [0, 0.05) is 11.1 Å². The van der Waals surface area contributed by atoms with Crippen LogP contribution in [0.1, 0.15) is 5.56 Å². The molecule has 1 aromatic heterocycles. The summed E-state index contributed by atoms with van der Waals surface area (Å²) in [5.41, 5.74) is 7.05. The van der Waals surface area contributed by atoms with Crippen LogP contribution in [0.2, 0.25) is 0 Å². The summed E-state index contributed by atoms with van der Waals surface area (Å²) in [5, 5.41) is 2.29. The predicted octanol–water partition coefficient (Wildman–Crippen LogP) is 8.94. The van der Waals surface area contributed by atoms with Crippen molar-refractivity contribution in [1.82, 2.24) is 15.0 Å². The van der Waals surface area contributed by atoms with Crippen LogP contribution >= 0.6 is 0 Å². The quantitative estimate of drug-likeness (QED) is 0.139. The van der Waals surface area contributed by atoms with Gasteiger partial charge in [-0.3, -0.25) is 0 Å². The van der Waals surface area contributed by atoms with Crippen LogP contribution in [0, 0.1) is 0 Å². The third-order valence-corrected chi connectivity index (χ3v) is 7.91. The monoisotopic (exact) mass is 617 g/mol. The molecule has 0 aliphatic rings. The first kappa shape index (κ1) is 26.7. The van der Waals surface area contributed by atoms with Crippen LogP contribution in [-0.2, 0) is 0 Å². The Labute approximate surface area is 258 Å². The van der Waals surface area contributed by atoms with Crippen LogP contribution in [0.15, 0.2) is 157 Å². The van der Waals surface area contributed by atoms with Crippen molar-refractivity contribution in [2.24, 2.45) is 4.99 Å². The molecule has 0 fully saturated rings. The molecule has 43 heavy (non-hydrogen) atoms. The number of rotatable bonds is 6. The molecule has 0 aliphatic heterocycles. The summed E-state index contributed by atoms with van der Waals surface area (Å²) in [7, 11) is 0. The van der Waals surface area contributed by atoms with E-state index in [9.17, 15) is 0 Å². The molecule has 0 saturated carbocycles. The van der Waals surface area contributed by atoms with E-state index in [2.05, 4.69) is 88.8 Å². The number of nitrogens with zero attached hydrogens (tertiary/aromatic N) is 4. The molecule has 0 spiro atoms. The van der Waals surface area contributed by atoms with E-state index in [4.69, 9.17) is 19.9 Å². The Hall–Kier alpha value is -5.22. The minimum atomic E-state index is 0.642. The third-order valence-electron chi connectivity index (χ3n) is 7.23. The van der Waals surface area contributed by atoms with E-state index in [1.807, 2.05) is 78.9 Å². The maximum atomic E-state index is 4.90. The molecular weight excluding hydrogens is 591 g/mol. The number of aliphatic imine (C=N–C) groups is 1. The molecule has 0 bridgehead atoms. The average molecular weight is 617 g/mol. The Bertz CT molecular complexity index is 2020. The Morgan fingerprint density at radius 2 is 0.907 bits per heavy atom. The molecule has 0 amide bonds. The first-order valence-electron chi connectivity index (χ1n) is 14.0. The summed E-state index contributed by atoms with van der Waals surface area (Å²) in [6.07, 6.45) is 0. The van der Waals surface area contributed by atoms with Crippen molar-refractivity contribution in [1.29, 1.82) is 0 Å². The van der Waals surface area contributed by atoms with Gasteiger partial charge in [0.2, 0.25) is 0 Å². The summed E-state index contributed by atoms with van der Waals surface area (Å²) in [6, 6.07) is 51.5. The van der Waals surface area contributed by atoms with E-state index in [1.54, 1.807) is 0 Å². The summed E-state index contributed by atoms with van der Waals surface area (Å²) in [4.78, 5) is 19.4. The van der Waals surface area contributed by atoms with Crippen LogP contribution in [0.25, 0.3) is 56.1 Å². The van der Waals surface area contributed by atoms with Gasteiger partial charge in [0.25, 0.3) is 0 Å². The van der Waals surface area contributed by atoms with Crippen LogP contribution in [-0.4, -0.2) is 35.6 Å². The SMILES string of the molecule is [Se]C(=Nc1ccc2cc(-c3cccc(-c4nc(-c5ccccc5)nc(-c5ccccc5)n4)c3)ccc2c1)c1ccccc1. The van der Waals surface area contributed by atoms with E-state index < -0.39 is 0 Å². The molecular formula is C38H25N4Se. The van der Waals surface area contributed by atoms with Crippen LogP contribution < -0.4 is 0 Å².